The van der Waals surface area contributed by atoms with Crippen molar-refractivity contribution in [2.45, 2.75) is 5.54 Å². The van der Waals surface area contributed by atoms with Gasteiger partial charge in [0.05, 0.1) is 36.3 Å². The number of nitro groups is 1. The summed E-state index contributed by atoms with van der Waals surface area (Å²) in [5.41, 5.74) is 3.85. The van der Waals surface area contributed by atoms with Crippen LogP contribution in [0.4, 0.5) is 5.69 Å². The van der Waals surface area contributed by atoms with E-state index in [1.54, 1.807) is 12.3 Å². The lowest BCUT2D eigenvalue weighted by molar-refractivity contribution is -0.384. The van der Waals surface area contributed by atoms with Crippen molar-refractivity contribution >= 4 is 5.69 Å². The summed E-state index contributed by atoms with van der Waals surface area (Å²) < 4.78 is 7.72. The molecule has 5 aromatic rings. The Morgan fingerprint density at radius 1 is 0.800 bits per heavy atom. The molecule has 35 heavy (non-hydrogen) atoms. The molecular weight excluding hydrogens is 438 g/mol. The van der Waals surface area contributed by atoms with Gasteiger partial charge in [-0.15, -0.1) is 0 Å². The zero-order chi connectivity index (χ0) is 24.3. The summed E-state index contributed by atoms with van der Waals surface area (Å²) in [6.07, 6.45) is 3.58. The molecule has 0 spiro atoms. The van der Waals surface area contributed by atoms with Crippen molar-refractivity contribution in [3.63, 3.8) is 0 Å². The smallest absolute Gasteiger partial charge is 0.273 e. The van der Waals surface area contributed by atoms with Crippen LogP contribution >= 0.6 is 0 Å². The van der Waals surface area contributed by atoms with Crippen molar-refractivity contribution in [2.24, 2.45) is 0 Å². The highest BCUT2D eigenvalue weighted by atomic mass is 16.6. The molecule has 1 heterocycles. The molecule has 5 rings (SSSR count). The van der Waals surface area contributed by atoms with Crippen LogP contribution in [0.1, 0.15) is 16.7 Å². The van der Waals surface area contributed by atoms with Gasteiger partial charge in [0.15, 0.2) is 0 Å². The Hall–Kier alpha value is -4.71. The molecule has 0 saturated heterocycles. The van der Waals surface area contributed by atoms with Gasteiger partial charge >= 0.3 is 0 Å². The van der Waals surface area contributed by atoms with Crippen LogP contribution in [0, 0.1) is 10.1 Å². The molecule has 0 unspecified atom stereocenters. The average molecular weight is 462 g/mol. The van der Waals surface area contributed by atoms with E-state index in [1.807, 2.05) is 60.9 Å². The van der Waals surface area contributed by atoms with Crippen molar-refractivity contribution in [1.29, 1.82) is 0 Å². The highest BCUT2D eigenvalue weighted by Crippen LogP contribution is 2.44. The van der Waals surface area contributed by atoms with Crippen LogP contribution in [0.2, 0.25) is 0 Å². The molecule has 0 atom stereocenters. The number of rotatable bonds is 7. The van der Waals surface area contributed by atoms with Gasteiger partial charge in [-0.1, -0.05) is 91.0 Å². The first-order valence-electron chi connectivity index (χ1n) is 11.2. The molecule has 0 radical (unpaired) electrons. The summed E-state index contributed by atoms with van der Waals surface area (Å²) in [5, 5.41) is 11.4. The second-order valence-corrected chi connectivity index (χ2v) is 8.10. The number of hydrogen-bond acceptors (Lipinski definition) is 4. The maximum absolute atomic E-state index is 11.4. The number of benzene rings is 4. The Bertz CT molecular complexity index is 1350. The van der Waals surface area contributed by atoms with Crippen molar-refractivity contribution in [3.05, 3.63) is 149 Å². The van der Waals surface area contributed by atoms with Gasteiger partial charge in [0, 0.05) is 11.6 Å². The third kappa shape index (κ3) is 3.75. The van der Waals surface area contributed by atoms with E-state index in [9.17, 15) is 10.1 Å². The lowest BCUT2D eigenvalue weighted by atomic mass is 9.76. The maximum atomic E-state index is 11.4. The summed E-state index contributed by atoms with van der Waals surface area (Å²) in [6, 6.07) is 35.5. The maximum Gasteiger partial charge on any atom is 0.273 e. The third-order valence-corrected chi connectivity index (χ3v) is 6.25. The van der Waals surface area contributed by atoms with Crippen LogP contribution in [0.25, 0.3) is 11.3 Å². The Morgan fingerprint density at radius 3 is 1.77 bits per heavy atom. The van der Waals surface area contributed by atoms with Gasteiger partial charge in [-0.25, -0.2) is 4.98 Å². The van der Waals surface area contributed by atoms with E-state index >= 15 is 0 Å². The molecule has 0 saturated carbocycles. The van der Waals surface area contributed by atoms with Gasteiger partial charge < -0.3 is 9.30 Å². The lowest BCUT2D eigenvalue weighted by Crippen LogP contribution is -2.37. The van der Waals surface area contributed by atoms with Gasteiger partial charge in [0.25, 0.3) is 5.69 Å². The Balaban J connectivity index is 1.87. The summed E-state index contributed by atoms with van der Waals surface area (Å²) in [7, 11) is 1.52. The molecule has 1 aromatic heterocycles. The SMILES string of the molecule is COc1cc([N+](=O)[O-])ccc1-c1cncn1C(c1ccccc1)(c1ccccc1)c1ccccc1. The van der Waals surface area contributed by atoms with Crippen molar-refractivity contribution in [1.82, 2.24) is 9.55 Å². The number of nitro benzene ring substituents is 1. The molecule has 0 bridgehead atoms. The summed E-state index contributed by atoms with van der Waals surface area (Å²) in [4.78, 5) is 15.5. The van der Waals surface area contributed by atoms with Crippen LogP contribution in [-0.4, -0.2) is 21.6 Å². The minimum absolute atomic E-state index is 0.0305. The van der Waals surface area contributed by atoms with E-state index in [0.29, 0.717) is 11.3 Å². The molecule has 0 fully saturated rings. The standard InChI is InChI=1S/C29H23N3O3/c1-35-28-19-25(32(33)34)17-18-26(28)27-20-30-21-31(27)29(22-11-5-2-6-12-22,23-13-7-3-8-14-23)24-15-9-4-10-16-24/h2-21H,1H3. The van der Waals surface area contributed by atoms with Crippen molar-refractivity contribution < 1.29 is 9.66 Å². The van der Waals surface area contributed by atoms with Crippen molar-refractivity contribution in [2.75, 3.05) is 7.11 Å². The summed E-state index contributed by atoms with van der Waals surface area (Å²) in [5.74, 6) is 0.407. The normalized spacial score (nSPS) is 11.2. The molecular formula is C29H23N3O3. The first-order valence-corrected chi connectivity index (χ1v) is 11.2. The zero-order valence-corrected chi connectivity index (χ0v) is 19.1. The minimum atomic E-state index is -0.762. The molecule has 4 aromatic carbocycles. The number of ether oxygens (including phenoxy) is 1. The fraction of sp³-hybridized carbons (Fsp3) is 0.0690. The predicted octanol–water partition coefficient (Wildman–Crippen LogP) is 6.31. The van der Waals surface area contributed by atoms with Crippen LogP contribution in [-0.2, 0) is 5.54 Å². The van der Waals surface area contributed by atoms with Crippen molar-refractivity contribution in [3.8, 4) is 17.0 Å². The monoisotopic (exact) mass is 461 g/mol. The van der Waals surface area contributed by atoms with Crippen LogP contribution in [0.3, 0.4) is 0 Å². The second kappa shape index (κ2) is 9.27. The Morgan fingerprint density at radius 2 is 1.31 bits per heavy atom. The summed E-state index contributed by atoms with van der Waals surface area (Å²) >= 11 is 0. The van der Waals surface area contributed by atoms with E-state index in [2.05, 4.69) is 45.9 Å². The largest absolute Gasteiger partial charge is 0.496 e. The molecule has 0 aliphatic rings. The fourth-order valence-electron chi connectivity index (χ4n) is 4.72. The Kier molecular flexibility index (Phi) is 5.85. The quantitative estimate of drug-likeness (QED) is 0.162. The lowest BCUT2D eigenvalue weighted by Gasteiger charge is -2.38. The van der Waals surface area contributed by atoms with E-state index < -0.39 is 10.5 Å². The van der Waals surface area contributed by atoms with Gasteiger partial charge in [-0.2, -0.15) is 0 Å². The fourth-order valence-corrected chi connectivity index (χ4v) is 4.72. The van der Waals surface area contributed by atoms with E-state index in [-0.39, 0.29) is 5.69 Å². The number of imidazole rings is 1. The number of non-ortho nitro benzene ring substituents is 1. The number of methoxy groups -OCH3 is 1. The van der Waals surface area contributed by atoms with Gasteiger partial charge in [-0.3, -0.25) is 10.1 Å². The first-order chi connectivity index (χ1) is 17.2. The van der Waals surface area contributed by atoms with Gasteiger partial charge in [0.1, 0.15) is 11.3 Å². The number of hydrogen-bond donors (Lipinski definition) is 0. The van der Waals surface area contributed by atoms with E-state index in [1.165, 1.54) is 19.2 Å². The minimum Gasteiger partial charge on any atom is -0.496 e. The van der Waals surface area contributed by atoms with Gasteiger partial charge in [-0.05, 0) is 22.8 Å². The van der Waals surface area contributed by atoms with E-state index in [0.717, 1.165) is 22.4 Å². The van der Waals surface area contributed by atoms with Gasteiger partial charge in [0.2, 0.25) is 0 Å². The zero-order valence-electron chi connectivity index (χ0n) is 19.1. The Labute approximate surface area is 203 Å². The molecule has 172 valence electrons. The molecule has 0 aliphatic carbocycles. The number of aromatic nitrogens is 2. The first kappa shape index (κ1) is 22.1. The van der Waals surface area contributed by atoms with Crippen LogP contribution < -0.4 is 4.74 Å². The third-order valence-electron chi connectivity index (χ3n) is 6.25. The second-order valence-electron chi connectivity index (χ2n) is 8.10. The molecule has 0 aliphatic heterocycles. The predicted molar refractivity (Wildman–Crippen MR) is 135 cm³/mol. The summed E-state index contributed by atoms with van der Waals surface area (Å²) in [6.45, 7) is 0. The molecule has 6 nitrogen and oxygen atoms in total. The molecule has 0 N–H and O–H groups in total. The average Bonchev–Trinajstić information content (AvgIpc) is 3.40. The molecule has 0 amide bonds. The van der Waals surface area contributed by atoms with Crippen LogP contribution in [0.5, 0.6) is 5.75 Å². The molecule has 6 heteroatoms. The topological polar surface area (TPSA) is 70.2 Å². The van der Waals surface area contributed by atoms with Crippen LogP contribution in [0.15, 0.2) is 122 Å². The number of nitrogens with zero attached hydrogens (tertiary/aromatic N) is 3. The highest BCUT2D eigenvalue weighted by molar-refractivity contribution is 5.71. The highest BCUT2D eigenvalue weighted by Gasteiger charge is 2.40. The van der Waals surface area contributed by atoms with E-state index in [4.69, 9.17) is 4.74 Å².